The number of thiocarbonyl (C=S) groups is 1. The van der Waals surface area contributed by atoms with E-state index in [-0.39, 0.29) is 10.9 Å². The Bertz CT molecular complexity index is 1240. The van der Waals surface area contributed by atoms with Gasteiger partial charge in [-0.05, 0) is 89.0 Å². The summed E-state index contributed by atoms with van der Waals surface area (Å²) in [6.07, 6.45) is 0.585. The summed E-state index contributed by atoms with van der Waals surface area (Å²) in [6, 6.07) is 15.0. The number of oxazole rings is 1. The molecule has 4 rings (SSSR count). The van der Waals surface area contributed by atoms with E-state index in [1.54, 1.807) is 12.1 Å². The monoisotopic (exact) mass is 483 g/mol. The highest BCUT2D eigenvalue weighted by molar-refractivity contribution is 9.10. The molecule has 2 N–H and O–H groups in total. The van der Waals surface area contributed by atoms with Crippen molar-refractivity contribution in [3.05, 3.63) is 81.5 Å². The molecule has 0 saturated heterocycles. The van der Waals surface area contributed by atoms with Gasteiger partial charge in [0, 0.05) is 12.1 Å². The van der Waals surface area contributed by atoms with Gasteiger partial charge in [-0.15, -0.1) is 0 Å². The zero-order chi connectivity index (χ0) is 21.3. The molecule has 152 valence electrons. The Labute approximate surface area is 186 Å². The predicted octanol–water partition coefficient (Wildman–Crippen LogP) is 5.52. The molecule has 6 nitrogen and oxygen atoms in total. The molecule has 0 fully saturated rings. The van der Waals surface area contributed by atoms with Gasteiger partial charge in [0.05, 0.1) is 0 Å². The molecule has 2 aromatic carbocycles. The molecule has 0 aliphatic carbocycles. The molecular weight excluding hydrogens is 466 g/mol. The van der Waals surface area contributed by atoms with E-state index in [1.165, 1.54) is 0 Å². The highest BCUT2D eigenvalue weighted by Crippen LogP contribution is 2.23. The first-order valence-electron chi connectivity index (χ1n) is 9.20. The van der Waals surface area contributed by atoms with E-state index in [0.717, 1.165) is 33.5 Å². The van der Waals surface area contributed by atoms with E-state index in [1.807, 2.05) is 44.2 Å². The lowest BCUT2D eigenvalue weighted by atomic mass is 10.1. The summed E-state index contributed by atoms with van der Waals surface area (Å²) in [4.78, 5) is 16.7. The fourth-order valence-corrected chi connectivity index (χ4v) is 3.66. The topological polar surface area (TPSA) is 80.3 Å². The van der Waals surface area contributed by atoms with Crippen LogP contribution in [0.25, 0.3) is 11.1 Å². The number of carbonyl (C=O) groups excluding carboxylic acids is 1. The Morgan fingerprint density at radius 3 is 2.57 bits per heavy atom. The van der Waals surface area contributed by atoms with Crippen LogP contribution in [0.2, 0.25) is 0 Å². The lowest BCUT2D eigenvalue weighted by Crippen LogP contribution is -2.33. The molecule has 0 aliphatic rings. The third-order valence-corrected chi connectivity index (χ3v) is 5.09. The van der Waals surface area contributed by atoms with Gasteiger partial charge < -0.3 is 14.2 Å². The predicted molar refractivity (Wildman–Crippen MR) is 123 cm³/mol. The SMILES string of the molecule is Cc1cc(C)c2oc(Cc3ccc(NC(=S)NC(=O)c4ccc(Br)o4)cc3)nc2c1. The first-order chi connectivity index (χ1) is 14.4. The second-order valence-electron chi connectivity index (χ2n) is 6.92. The number of furan rings is 1. The molecule has 0 spiro atoms. The normalized spacial score (nSPS) is 10.9. The van der Waals surface area contributed by atoms with Crippen molar-refractivity contribution in [2.45, 2.75) is 20.3 Å². The first-order valence-corrected chi connectivity index (χ1v) is 10.4. The minimum atomic E-state index is -0.420. The van der Waals surface area contributed by atoms with Gasteiger partial charge in [0.2, 0.25) is 0 Å². The lowest BCUT2D eigenvalue weighted by Gasteiger charge is -2.09. The van der Waals surface area contributed by atoms with Crippen LogP contribution < -0.4 is 10.6 Å². The molecule has 0 saturated carbocycles. The summed E-state index contributed by atoms with van der Waals surface area (Å²) in [6.45, 7) is 4.07. The Morgan fingerprint density at radius 2 is 1.87 bits per heavy atom. The smallest absolute Gasteiger partial charge is 0.293 e. The molecule has 2 aromatic heterocycles. The van der Waals surface area contributed by atoms with E-state index in [9.17, 15) is 4.79 Å². The average Bonchev–Trinajstić information content (AvgIpc) is 3.29. The van der Waals surface area contributed by atoms with Crippen LogP contribution in [0.5, 0.6) is 0 Å². The number of hydrogen-bond acceptors (Lipinski definition) is 5. The van der Waals surface area contributed by atoms with Gasteiger partial charge in [-0.2, -0.15) is 0 Å². The zero-order valence-electron chi connectivity index (χ0n) is 16.3. The van der Waals surface area contributed by atoms with Crippen LogP contribution in [-0.2, 0) is 6.42 Å². The van der Waals surface area contributed by atoms with Gasteiger partial charge in [-0.1, -0.05) is 18.2 Å². The van der Waals surface area contributed by atoms with E-state index in [0.29, 0.717) is 17.0 Å². The number of aryl methyl sites for hydroxylation is 2. The fraction of sp³-hybridized carbons (Fsp3) is 0.136. The van der Waals surface area contributed by atoms with E-state index >= 15 is 0 Å². The minimum Gasteiger partial charge on any atom is -0.444 e. The van der Waals surface area contributed by atoms with E-state index in [4.69, 9.17) is 21.1 Å². The molecule has 1 amide bonds. The average molecular weight is 484 g/mol. The molecule has 0 aliphatic heterocycles. The number of fused-ring (bicyclic) bond motifs is 1. The quantitative estimate of drug-likeness (QED) is 0.372. The van der Waals surface area contributed by atoms with Crippen LogP contribution >= 0.6 is 28.1 Å². The van der Waals surface area contributed by atoms with Crippen LogP contribution in [0, 0.1) is 13.8 Å². The number of carbonyl (C=O) groups is 1. The van der Waals surface area contributed by atoms with E-state index in [2.05, 4.69) is 37.6 Å². The summed E-state index contributed by atoms with van der Waals surface area (Å²) in [5, 5.41) is 5.75. The van der Waals surface area contributed by atoms with Crippen LogP contribution in [-0.4, -0.2) is 16.0 Å². The lowest BCUT2D eigenvalue weighted by molar-refractivity contribution is 0.0949. The third kappa shape index (κ3) is 4.60. The summed E-state index contributed by atoms with van der Waals surface area (Å²) in [7, 11) is 0. The van der Waals surface area contributed by atoms with Crippen molar-refractivity contribution in [2.75, 3.05) is 5.32 Å². The highest BCUT2D eigenvalue weighted by Gasteiger charge is 2.13. The molecule has 0 radical (unpaired) electrons. The number of anilines is 1. The van der Waals surface area contributed by atoms with Gasteiger partial charge in [-0.3, -0.25) is 10.1 Å². The molecule has 8 heteroatoms. The largest absolute Gasteiger partial charge is 0.444 e. The summed E-state index contributed by atoms with van der Waals surface area (Å²) in [5.74, 6) is 0.424. The summed E-state index contributed by atoms with van der Waals surface area (Å²) >= 11 is 8.36. The van der Waals surface area contributed by atoms with Crippen LogP contribution in [0.4, 0.5) is 5.69 Å². The first kappa shape index (κ1) is 20.3. The molecule has 0 unspecified atom stereocenters. The second kappa shape index (κ2) is 8.41. The number of hydrogen-bond donors (Lipinski definition) is 2. The number of benzene rings is 2. The van der Waals surface area contributed by atoms with Gasteiger partial charge in [0.25, 0.3) is 5.91 Å². The van der Waals surface area contributed by atoms with Crippen molar-refractivity contribution in [3.8, 4) is 0 Å². The zero-order valence-corrected chi connectivity index (χ0v) is 18.7. The number of amides is 1. The van der Waals surface area contributed by atoms with Gasteiger partial charge >= 0.3 is 0 Å². The number of rotatable bonds is 4. The maximum atomic E-state index is 12.1. The maximum absolute atomic E-state index is 12.1. The molecule has 0 atom stereocenters. The van der Waals surface area contributed by atoms with Crippen molar-refractivity contribution in [2.24, 2.45) is 0 Å². The molecule has 2 heterocycles. The maximum Gasteiger partial charge on any atom is 0.293 e. The molecular formula is C22H18BrN3O3S. The highest BCUT2D eigenvalue weighted by atomic mass is 79.9. The number of aromatic nitrogens is 1. The third-order valence-electron chi connectivity index (χ3n) is 4.46. The molecule has 4 aromatic rings. The van der Waals surface area contributed by atoms with Crippen LogP contribution in [0.1, 0.15) is 33.1 Å². The van der Waals surface area contributed by atoms with Crippen molar-refractivity contribution in [3.63, 3.8) is 0 Å². The van der Waals surface area contributed by atoms with Gasteiger partial charge in [0.1, 0.15) is 5.52 Å². The fourth-order valence-electron chi connectivity index (χ4n) is 3.14. The molecule has 0 bridgehead atoms. The number of nitrogens with zero attached hydrogens (tertiary/aromatic N) is 1. The Balaban J connectivity index is 1.38. The standard InChI is InChI=1S/C22H18BrN3O3S/c1-12-9-13(2)20-16(10-12)25-19(29-20)11-14-3-5-15(6-4-14)24-22(30)26-21(27)17-7-8-18(23)28-17/h3-10H,11H2,1-2H3,(H2,24,26,27,30). The van der Waals surface area contributed by atoms with Crippen molar-refractivity contribution < 1.29 is 13.6 Å². The summed E-state index contributed by atoms with van der Waals surface area (Å²) in [5.41, 5.74) is 5.77. The van der Waals surface area contributed by atoms with Gasteiger partial charge in [-0.25, -0.2) is 4.98 Å². The van der Waals surface area contributed by atoms with Crippen molar-refractivity contribution in [1.29, 1.82) is 0 Å². The van der Waals surface area contributed by atoms with Crippen molar-refractivity contribution >= 4 is 56.0 Å². The Morgan fingerprint density at radius 1 is 1.10 bits per heavy atom. The Hall–Kier alpha value is -2.97. The number of halogens is 1. The van der Waals surface area contributed by atoms with Crippen molar-refractivity contribution in [1.82, 2.24) is 10.3 Å². The number of nitrogens with one attached hydrogen (secondary N) is 2. The van der Waals surface area contributed by atoms with E-state index < -0.39 is 5.91 Å². The second-order valence-corrected chi connectivity index (χ2v) is 8.11. The van der Waals surface area contributed by atoms with Crippen LogP contribution in [0.3, 0.4) is 0 Å². The summed E-state index contributed by atoms with van der Waals surface area (Å²) < 4.78 is 11.6. The molecule has 30 heavy (non-hydrogen) atoms. The Kier molecular flexibility index (Phi) is 5.69. The van der Waals surface area contributed by atoms with Gasteiger partial charge in [0.15, 0.2) is 27.0 Å². The van der Waals surface area contributed by atoms with Crippen LogP contribution in [0.15, 0.2) is 62.0 Å². The minimum absolute atomic E-state index is 0.171.